The molecule has 0 radical (unpaired) electrons. The van der Waals surface area contributed by atoms with E-state index >= 15 is 0 Å². The molecule has 0 saturated heterocycles. The molecule has 1 unspecified atom stereocenters. The molecule has 0 aliphatic carbocycles. The van der Waals surface area contributed by atoms with Gasteiger partial charge in [-0.05, 0) is 23.6 Å². The van der Waals surface area contributed by atoms with Gasteiger partial charge in [0, 0.05) is 32.8 Å². The van der Waals surface area contributed by atoms with E-state index in [0.717, 1.165) is 18.7 Å². The number of ether oxygens (including phenoxy) is 1. The van der Waals surface area contributed by atoms with E-state index in [9.17, 15) is 4.39 Å². The van der Waals surface area contributed by atoms with Crippen LogP contribution in [0.4, 0.5) is 4.39 Å². The zero-order valence-corrected chi connectivity index (χ0v) is 13.2. The summed E-state index contributed by atoms with van der Waals surface area (Å²) < 4.78 is 18.8. The third-order valence-corrected chi connectivity index (χ3v) is 3.48. The molecule has 1 atom stereocenters. The maximum atomic E-state index is 13.6. The lowest BCUT2D eigenvalue weighted by Crippen LogP contribution is -2.38. The van der Waals surface area contributed by atoms with Crippen molar-refractivity contribution in [3.05, 3.63) is 34.6 Å². The summed E-state index contributed by atoms with van der Waals surface area (Å²) in [6.45, 7) is 7.00. The van der Waals surface area contributed by atoms with Gasteiger partial charge in [0.05, 0.1) is 11.6 Å². The van der Waals surface area contributed by atoms with Gasteiger partial charge in [-0.25, -0.2) is 4.39 Å². The Kier molecular flexibility index (Phi) is 7.45. The Bertz CT molecular complexity index is 415. The number of benzene rings is 1. The van der Waals surface area contributed by atoms with E-state index in [1.54, 1.807) is 13.2 Å². The maximum absolute atomic E-state index is 13.6. The molecule has 114 valence electrons. The summed E-state index contributed by atoms with van der Waals surface area (Å²) in [5.41, 5.74) is 6.76. The number of hydrogen-bond donors (Lipinski definition) is 1. The van der Waals surface area contributed by atoms with Crippen LogP contribution in [-0.4, -0.2) is 38.3 Å². The van der Waals surface area contributed by atoms with Crippen molar-refractivity contribution in [3.8, 4) is 0 Å². The van der Waals surface area contributed by atoms with Crippen LogP contribution in [-0.2, 0) is 4.74 Å². The Hall–Kier alpha value is -0.680. The lowest BCUT2D eigenvalue weighted by Gasteiger charge is -2.32. The number of nitrogens with two attached hydrogens (primary N) is 1. The molecule has 1 rings (SSSR count). The summed E-state index contributed by atoms with van der Waals surface area (Å²) in [6, 6.07) is 4.86. The fourth-order valence-electron chi connectivity index (χ4n) is 2.27. The minimum atomic E-state index is -0.404. The number of hydrogen-bond acceptors (Lipinski definition) is 3. The molecule has 0 saturated carbocycles. The second-order valence-electron chi connectivity index (χ2n) is 5.31. The van der Waals surface area contributed by atoms with Gasteiger partial charge < -0.3 is 10.5 Å². The average Bonchev–Trinajstić information content (AvgIpc) is 2.40. The first-order chi connectivity index (χ1) is 9.49. The molecule has 0 heterocycles. The molecule has 0 aromatic heterocycles. The van der Waals surface area contributed by atoms with Gasteiger partial charge in [0.2, 0.25) is 0 Å². The minimum absolute atomic E-state index is 0.0284. The first kappa shape index (κ1) is 17.4. The largest absolute Gasteiger partial charge is 0.383 e. The quantitative estimate of drug-likeness (QED) is 0.802. The molecule has 0 bridgehead atoms. The average molecular weight is 303 g/mol. The van der Waals surface area contributed by atoms with Crippen molar-refractivity contribution in [1.29, 1.82) is 0 Å². The predicted octanol–water partition coefficient (Wildman–Crippen LogP) is 3.08. The van der Waals surface area contributed by atoms with Crippen LogP contribution >= 0.6 is 11.6 Å². The van der Waals surface area contributed by atoms with Gasteiger partial charge in [-0.1, -0.05) is 31.5 Å². The van der Waals surface area contributed by atoms with Crippen LogP contribution in [0.5, 0.6) is 0 Å². The number of rotatable bonds is 8. The SMILES string of the molecule is COCCN(CC(C)C)C(CN)c1ccc(Cl)c(F)c1. The highest BCUT2D eigenvalue weighted by molar-refractivity contribution is 6.30. The van der Waals surface area contributed by atoms with E-state index in [4.69, 9.17) is 22.1 Å². The highest BCUT2D eigenvalue weighted by atomic mass is 35.5. The first-order valence-corrected chi connectivity index (χ1v) is 7.25. The zero-order chi connectivity index (χ0) is 15.1. The van der Waals surface area contributed by atoms with Crippen molar-refractivity contribution in [2.45, 2.75) is 19.9 Å². The summed E-state index contributed by atoms with van der Waals surface area (Å²) >= 11 is 5.74. The van der Waals surface area contributed by atoms with Crippen LogP contribution in [0.15, 0.2) is 18.2 Å². The van der Waals surface area contributed by atoms with Crippen molar-refractivity contribution in [2.24, 2.45) is 11.7 Å². The van der Waals surface area contributed by atoms with E-state index in [1.165, 1.54) is 6.07 Å². The minimum Gasteiger partial charge on any atom is -0.383 e. The van der Waals surface area contributed by atoms with E-state index in [0.29, 0.717) is 19.1 Å². The fourth-order valence-corrected chi connectivity index (χ4v) is 2.39. The van der Waals surface area contributed by atoms with Gasteiger partial charge >= 0.3 is 0 Å². The van der Waals surface area contributed by atoms with Crippen LogP contribution in [0.1, 0.15) is 25.5 Å². The second-order valence-corrected chi connectivity index (χ2v) is 5.71. The molecule has 0 aliphatic rings. The molecule has 20 heavy (non-hydrogen) atoms. The van der Waals surface area contributed by atoms with Crippen LogP contribution in [0.3, 0.4) is 0 Å². The summed E-state index contributed by atoms with van der Waals surface area (Å²) in [5.74, 6) is 0.0944. The normalized spacial score (nSPS) is 13.2. The molecule has 2 N–H and O–H groups in total. The molecule has 0 aliphatic heterocycles. The molecule has 3 nitrogen and oxygen atoms in total. The second kappa shape index (κ2) is 8.57. The molecule has 5 heteroatoms. The van der Waals surface area contributed by atoms with Gasteiger partial charge in [0.25, 0.3) is 0 Å². The van der Waals surface area contributed by atoms with Crippen LogP contribution in [0.2, 0.25) is 5.02 Å². The Labute approximate surface area is 125 Å². The standard InChI is InChI=1S/C15H24ClFN2O/c1-11(2)10-19(6-7-20-3)15(9-18)12-4-5-13(16)14(17)8-12/h4-5,8,11,15H,6-7,9-10,18H2,1-3H3. The number of methoxy groups -OCH3 is 1. The molecule has 1 aromatic rings. The lowest BCUT2D eigenvalue weighted by atomic mass is 10.0. The van der Waals surface area contributed by atoms with Crippen LogP contribution < -0.4 is 5.73 Å². The highest BCUT2D eigenvalue weighted by Gasteiger charge is 2.20. The Morgan fingerprint density at radius 1 is 1.40 bits per heavy atom. The molecule has 0 fully saturated rings. The van der Waals surface area contributed by atoms with E-state index in [-0.39, 0.29) is 11.1 Å². The topological polar surface area (TPSA) is 38.5 Å². The first-order valence-electron chi connectivity index (χ1n) is 6.87. The molecule has 0 amide bonds. The Morgan fingerprint density at radius 3 is 2.60 bits per heavy atom. The molecular formula is C15H24ClFN2O. The van der Waals surface area contributed by atoms with Gasteiger partial charge in [-0.15, -0.1) is 0 Å². The van der Waals surface area contributed by atoms with Crippen molar-refractivity contribution in [3.63, 3.8) is 0 Å². The van der Waals surface area contributed by atoms with Gasteiger partial charge in [0.15, 0.2) is 0 Å². The van der Waals surface area contributed by atoms with E-state index < -0.39 is 5.82 Å². The van der Waals surface area contributed by atoms with Gasteiger partial charge in [0.1, 0.15) is 5.82 Å². The molecule has 0 spiro atoms. The zero-order valence-electron chi connectivity index (χ0n) is 12.4. The Balaban J connectivity index is 2.94. The highest BCUT2D eigenvalue weighted by Crippen LogP contribution is 2.24. The number of nitrogens with zero attached hydrogens (tertiary/aromatic N) is 1. The number of halogens is 2. The van der Waals surface area contributed by atoms with Crippen molar-refractivity contribution in [1.82, 2.24) is 4.90 Å². The molecule has 1 aromatic carbocycles. The lowest BCUT2D eigenvalue weighted by molar-refractivity contribution is 0.112. The van der Waals surface area contributed by atoms with Gasteiger partial charge in [-0.3, -0.25) is 4.90 Å². The van der Waals surface area contributed by atoms with Crippen molar-refractivity contribution in [2.75, 3.05) is 33.4 Å². The van der Waals surface area contributed by atoms with Crippen molar-refractivity contribution >= 4 is 11.6 Å². The Morgan fingerprint density at radius 2 is 2.10 bits per heavy atom. The smallest absolute Gasteiger partial charge is 0.142 e. The summed E-state index contributed by atoms with van der Waals surface area (Å²) in [6.07, 6.45) is 0. The third kappa shape index (κ3) is 5.02. The van der Waals surface area contributed by atoms with Crippen molar-refractivity contribution < 1.29 is 9.13 Å². The third-order valence-electron chi connectivity index (χ3n) is 3.17. The van der Waals surface area contributed by atoms with E-state index in [1.807, 2.05) is 6.07 Å². The van der Waals surface area contributed by atoms with Crippen LogP contribution in [0, 0.1) is 11.7 Å². The summed E-state index contributed by atoms with van der Waals surface area (Å²) in [4.78, 5) is 2.23. The summed E-state index contributed by atoms with van der Waals surface area (Å²) in [5, 5.41) is 0.136. The predicted molar refractivity (Wildman–Crippen MR) is 81.5 cm³/mol. The monoisotopic (exact) mass is 302 g/mol. The maximum Gasteiger partial charge on any atom is 0.142 e. The van der Waals surface area contributed by atoms with Gasteiger partial charge in [-0.2, -0.15) is 0 Å². The van der Waals surface area contributed by atoms with E-state index in [2.05, 4.69) is 18.7 Å². The molecular weight excluding hydrogens is 279 g/mol. The summed E-state index contributed by atoms with van der Waals surface area (Å²) in [7, 11) is 1.67. The fraction of sp³-hybridized carbons (Fsp3) is 0.600. The van der Waals surface area contributed by atoms with Crippen LogP contribution in [0.25, 0.3) is 0 Å².